The predicted octanol–water partition coefficient (Wildman–Crippen LogP) is 4.23. The molecule has 0 fully saturated rings. The normalized spacial score (nSPS) is 12.5. The molecule has 1 unspecified atom stereocenters. The maximum atomic E-state index is 10.2. The molecule has 0 amide bonds. The van der Waals surface area contributed by atoms with Gasteiger partial charge in [0.05, 0.1) is 15.7 Å². The van der Waals surface area contributed by atoms with Crippen molar-refractivity contribution in [1.29, 1.82) is 0 Å². The number of pyridine rings is 1. The fourth-order valence-corrected chi connectivity index (χ4v) is 2.09. The summed E-state index contributed by atoms with van der Waals surface area (Å²) in [7, 11) is 0. The summed E-state index contributed by atoms with van der Waals surface area (Å²) in [5.74, 6) is 0. The van der Waals surface area contributed by atoms with Crippen molar-refractivity contribution in [3.63, 3.8) is 0 Å². The first-order chi connectivity index (χ1) is 8.09. The number of aliphatic hydroxyl groups is 1. The summed E-state index contributed by atoms with van der Waals surface area (Å²) in [6.45, 7) is 0. The summed E-state index contributed by atoms with van der Waals surface area (Å²) in [5, 5.41) is 10.9. The molecule has 0 bridgehead atoms. The highest BCUT2D eigenvalue weighted by Crippen LogP contribution is 2.32. The Morgan fingerprint density at radius 1 is 1.18 bits per heavy atom. The largest absolute Gasteiger partial charge is 0.382 e. The highest BCUT2D eigenvalue weighted by atomic mass is 79.9. The smallest absolute Gasteiger partial charge is 0.122 e. The fraction of sp³-hybridized carbons (Fsp3) is 0.0833. The van der Waals surface area contributed by atoms with Crippen molar-refractivity contribution in [2.45, 2.75) is 6.10 Å². The molecule has 1 N–H and O–H groups in total. The highest BCUT2D eigenvalue weighted by Gasteiger charge is 2.16. The molecule has 0 saturated carbocycles. The SMILES string of the molecule is OC(c1ccc(Br)cn1)c1cccc(Cl)c1Cl. The summed E-state index contributed by atoms with van der Waals surface area (Å²) in [6, 6.07) is 8.68. The lowest BCUT2D eigenvalue weighted by molar-refractivity contribution is 0.215. The molecule has 1 aromatic heterocycles. The van der Waals surface area contributed by atoms with Crippen LogP contribution in [0.2, 0.25) is 10.0 Å². The summed E-state index contributed by atoms with van der Waals surface area (Å²) < 4.78 is 0.852. The Kier molecular flexibility index (Phi) is 4.05. The molecule has 2 rings (SSSR count). The number of hydrogen-bond donors (Lipinski definition) is 1. The maximum Gasteiger partial charge on any atom is 0.122 e. The first-order valence-corrected chi connectivity index (χ1v) is 6.38. The molecule has 1 heterocycles. The minimum Gasteiger partial charge on any atom is -0.382 e. The van der Waals surface area contributed by atoms with Gasteiger partial charge in [-0.3, -0.25) is 4.98 Å². The molecule has 17 heavy (non-hydrogen) atoms. The number of aliphatic hydroxyl groups excluding tert-OH is 1. The molecule has 1 atom stereocenters. The Morgan fingerprint density at radius 3 is 2.59 bits per heavy atom. The van der Waals surface area contributed by atoms with Gasteiger partial charge in [-0.15, -0.1) is 0 Å². The van der Waals surface area contributed by atoms with E-state index in [-0.39, 0.29) is 0 Å². The maximum absolute atomic E-state index is 10.2. The average Bonchev–Trinajstić information content (AvgIpc) is 2.33. The molecule has 0 spiro atoms. The molecule has 0 aliphatic rings. The summed E-state index contributed by atoms with van der Waals surface area (Å²) >= 11 is 15.2. The van der Waals surface area contributed by atoms with Crippen LogP contribution in [-0.2, 0) is 0 Å². The van der Waals surface area contributed by atoms with E-state index in [0.29, 0.717) is 21.3 Å². The zero-order valence-electron chi connectivity index (χ0n) is 8.57. The second-order valence-corrected chi connectivity index (χ2v) is 5.15. The van der Waals surface area contributed by atoms with E-state index >= 15 is 0 Å². The number of rotatable bonds is 2. The number of hydrogen-bond acceptors (Lipinski definition) is 2. The monoisotopic (exact) mass is 331 g/mol. The van der Waals surface area contributed by atoms with Crippen molar-refractivity contribution in [3.05, 3.63) is 62.3 Å². The van der Waals surface area contributed by atoms with Gasteiger partial charge >= 0.3 is 0 Å². The van der Waals surface area contributed by atoms with E-state index in [0.717, 1.165) is 4.47 Å². The van der Waals surface area contributed by atoms with Crippen LogP contribution >= 0.6 is 39.1 Å². The highest BCUT2D eigenvalue weighted by molar-refractivity contribution is 9.10. The van der Waals surface area contributed by atoms with Gasteiger partial charge in [0.1, 0.15) is 6.10 Å². The molecule has 88 valence electrons. The second kappa shape index (κ2) is 5.36. The lowest BCUT2D eigenvalue weighted by atomic mass is 10.1. The topological polar surface area (TPSA) is 33.1 Å². The van der Waals surface area contributed by atoms with E-state index in [1.54, 1.807) is 30.5 Å². The van der Waals surface area contributed by atoms with Crippen LogP contribution in [0.5, 0.6) is 0 Å². The van der Waals surface area contributed by atoms with Gasteiger partial charge in [-0.05, 0) is 34.1 Å². The van der Waals surface area contributed by atoms with Gasteiger partial charge in [-0.25, -0.2) is 0 Å². The first kappa shape index (κ1) is 12.8. The van der Waals surface area contributed by atoms with Crippen LogP contribution in [-0.4, -0.2) is 10.1 Å². The Morgan fingerprint density at radius 2 is 1.94 bits per heavy atom. The molecule has 5 heteroatoms. The van der Waals surface area contributed by atoms with E-state index < -0.39 is 6.10 Å². The van der Waals surface area contributed by atoms with Gasteiger partial charge in [-0.1, -0.05) is 35.3 Å². The molecule has 0 radical (unpaired) electrons. The molecule has 0 saturated heterocycles. The van der Waals surface area contributed by atoms with Crippen LogP contribution in [0.4, 0.5) is 0 Å². The van der Waals surface area contributed by atoms with Crippen molar-refractivity contribution in [3.8, 4) is 0 Å². The van der Waals surface area contributed by atoms with Crippen LogP contribution in [0, 0.1) is 0 Å². The molecule has 1 aromatic carbocycles. The molecule has 0 aliphatic carbocycles. The van der Waals surface area contributed by atoms with Crippen molar-refractivity contribution in [2.75, 3.05) is 0 Å². The van der Waals surface area contributed by atoms with Crippen LogP contribution < -0.4 is 0 Å². The van der Waals surface area contributed by atoms with E-state index in [1.807, 2.05) is 6.07 Å². The zero-order chi connectivity index (χ0) is 12.4. The Labute approximate surface area is 117 Å². The molecule has 0 aliphatic heterocycles. The Bertz CT molecular complexity index is 531. The number of nitrogens with zero attached hydrogens (tertiary/aromatic N) is 1. The lowest BCUT2D eigenvalue weighted by Crippen LogP contribution is -2.02. The minimum absolute atomic E-state index is 0.353. The van der Waals surface area contributed by atoms with Crippen molar-refractivity contribution >= 4 is 39.1 Å². The third-order valence-electron chi connectivity index (χ3n) is 2.31. The first-order valence-electron chi connectivity index (χ1n) is 4.83. The van der Waals surface area contributed by atoms with Crippen LogP contribution in [0.3, 0.4) is 0 Å². The van der Waals surface area contributed by atoms with Crippen LogP contribution in [0.25, 0.3) is 0 Å². The van der Waals surface area contributed by atoms with Gasteiger partial charge in [0.15, 0.2) is 0 Å². The predicted molar refractivity (Wildman–Crippen MR) is 72.5 cm³/mol. The third kappa shape index (κ3) is 2.80. The van der Waals surface area contributed by atoms with Gasteiger partial charge in [0.25, 0.3) is 0 Å². The van der Waals surface area contributed by atoms with E-state index in [1.165, 1.54) is 0 Å². The molecule has 2 aromatic rings. The van der Waals surface area contributed by atoms with Crippen molar-refractivity contribution < 1.29 is 5.11 Å². The van der Waals surface area contributed by atoms with E-state index in [9.17, 15) is 5.11 Å². The third-order valence-corrected chi connectivity index (χ3v) is 3.61. The quantitative estimate of drug-likeness (QED) is 0.892. The second-order valence-electron chi connectivity index (χ2n) is 3.45. The van der Waals surface area contributed by atoms with Gasteiger partial charge in [-0.2, -0.15) is 0 Å². The van der Waals surface area contributed by atoms with Gasteiger partial charge in [0, 0.05) is 16.2 Å². The van der Waals surface area contributed by atoms with Crippen LogP contribution in [0.1, 0.15) is 17.4 Å². The number of aromatic nitrogens is 1. The minimum atomic E-state index is -0.880. The summed E-state index contributed by atoms with van der Waals surface area (Å²) in [5.41, 5.74) is 1.08. The number of halogens is 3. The van der Waals surface area contributed by atoms with E-state index in [4.69, 9.17) is 23.2 Å². The molecular weight excluding hydrogens is 325 g/mol. The van der Waals surface area contributed by atoms with Crippen molar-refractivity contribution in [1.82, 2.24) is 4.98 Å². The Hall–Kier alpha value is -0.610. The summed E-state index contributed by atoms with van der Waals surface area (Å²) in [4.78, 5) is 4.13. The Balaban J connectivity index is 2.40. The average molecular weight is 333 g/mol. The summed E-state index contributed by atoms with van der Waals surface area (Å²) in [6.07, 6.45) is 0.742. The molecular formula is C12H8BrCl2NO. The van der Waals surface area contributed by atoms with Crippen LogP contribution in [0.15, 0.2) is 41.0 Å². The lowest BCUT2D eigenvalue weighted by Gasteiger charge is -2.12. The fourth-order valence-electron chi connectivity index (χ4n) is 1.44. The van der Waals surface area contributed by atoms with Gasteiger partial charge < -0.3 is 5.11 Å². The number of benzene rings is 1. The van der Waals surface area contributed by atoms with Gasteiger partial charge in [0.2, 0.25) is 0 Å². The van der Waals surface area contributed by atoms with E-state index in [2.05, 4.69) is 20.9 Å². The zero-order valence-corrected chi connectivity index (χ0v) is 11.7. The molecule has 2 nitrogen and oxygen atoms in total. The van der Waals surface area contributed by atoms with Crippen molar-refractivity contribution in [2.24, 2.45) is 0 Å². The standard InChI is InChI=1S/C12H8BrCl2NO/c13-7-4-5-10(16-6-7)12(17)8-2-1-3-9(14)11(8)15/h1-6,12,17H.